The zero-order valence-electron chi connectivity index (χ0n) is 14.3. The summed E-state index contributed by atoms with van der Waals surface area (Å²) in [5.74, 6) is -2.92. The number of nitrogens with one attached hydrogen (secondary N) is 1. The fourth-order valence-corrected chi connectivity index (χ4v) is 3.43. The van der Waals surface area contributed by atoms with Gasteiger partial charge in [0.05, 0.1) is 0 Å². The molecule has 0 aliphatic carbocycles. The number of thiazole rings is 1. The van der Waals surface area contributed by atoms with Crippen molar-refractivity contribution in [2.24, 2.45) is 0 Å². The first kappa shape index (κ1) is 18.4. The summed E-state index contributed by atoms with van der Waals surface area (Å²) in [7, 11) is 3.96. The number of hydrogen-bond acceptors (Lipinski definition) is 5. The number of halogens is 2. The smallest absolute Gasteiger partial charge is 0.273 e. The molecule has 1 N–H and O–H groups in total. The Morgan fingerprint density at radius 1 is 1.31 bits per heavy atom. The fourth-order valence-electron chi connectivity index (χ4n) is 2.75. The topological polar surface area (TPSA) is 65.5 Å². The molecule has 2 heterocycles. The molecule has 1 aromatic carbocycles. The van der Waals surface area contributed by atoms with Crippen molar-refractivity contribution in [2.45, 2.75) is 12.5 Å². The van der Waals surface area contributed by atoms with Crippen LogP contribution in [0.25, 0.3) is 0 Å². The van der Waals surface area contributed by atoms with E-state index in [1.165, 1.54) is 6.07 Å². The first-order valence-electron chi connectivity index (χ1n) is 8.03. The van der Waals surface area contributed by atoms with E-state index in [-0.39, 0.29) is 22.3 Å². The van der Waals surface area contributed by atoms with Gasteiger partial charge in [0.15, 0.2) is 16.8 Å². The van der Waals surface area contributed by atoms with Crippen molar-refractivity contribution >= 4 is 28.3 Å². The van der Waals surface area contributed by atoms with E-state index in [4.69, 9.17) is 0 Å². The van der Waals surface area contributed by atoms with Crippen molar-refractivity contribution in [1.82, 2.24) is 14.8 Å². The third kappa shape index (κ3) is 3.88. The van der Waals surface area contributed by atoms with Gasteiger partial charge in [0, 0.05) is 30.1 Å². The van der Waals surface area contributed by atoms with Gasteiger partial charge in [0.25, 0.3) is 11.8 Å². The third-order valence-electron chi connectivity index (χ3n) is 4.31. The van der Waals surface area contributed by atoms with E-state index in [1.54, 1.807) is 10.3 Å². The maximum absolute atomic E-state index is 13.2. The van der Waals surface area contributed by atoms with Gasteiger partial charge in [-0.15, -0.1) is 11.3 Å². The largest absolute Gasteiger partial charge is 0.336 e. The quantitative estimate of drug-likeness (QED) is 0.885. The minimum Gasteiger partial charge on any atom is -0.336 e. The monoisotopic (exact) mass is 380 g/mol. The molecule has 0 radical (unpaired) electrons. The number of anilines is 1. The Morgan fingerprint density at radius 2 is 2.08 bits per heavy atom. The number of carbonyl (C=O) groups excluding carboxylic acids is 2. The summed E-state index contributed by atoms with van der Waals surface area (Å²) in [5, 5.41) is 4.30. The second-order valence-corrected chi connectivity index (χ2v) is 7.14. The summed E-state index contributed by atoms with van der Waals surface area (Å²) >= 11 is 1.11. The molecule has 2 aromatic rings. The summed E-state index contributed by atoms with van der Waals surface area (Å²) in [6.45, 7) is 1.30. The molecule has 1 aromatic heterocycles. The van der Waals surface area contributed by atoms with Crippen molar-refractivity contribution in [1.29, 1.82) is 0 Å². The second kappa shape index (κ2) is 7.46. The van der Waals surface area contributed by atoms with Crippen LogP contribution in [0.1, 0.15) is 27.3 Å². The number of rotatable bonds is 4. The summed E-state index contributed by atoms with van der Waals surface area (Å²) in [5.41, 5.74) is 0.232. The van der Waals surface area contributed by atoms with E-state index in [0.717, 1.165) is 29.9 Å². The number of carbonyl (C=O) groups is 2. The van der Waals surface area contributed by atoms with Gasteiger partial charge in [-0.2, -0.15) is 0 Å². The molecule has 0 bridgehead atoms. The Morgan fingerprint density at radius 3 is 2.73 bits per heavy atom. The highest BCUT2D eigenvalue weighted by molar-refractivity contribution is 7.14. The Hall–Kier alpha value is -2.39. The van der Waals surface area contributed by atoms with Gasteiger partial charge in [-0.05, 0) is 38.7 Å². The second-order valence-electron chi connectivity index (χ2n) is 6.28. The number of aromatic nitrogens is 1. The lowest BCUT2D eigenvalue weighted by molar-refractivity contribution is 0.0777. The van der Waals surface area contributed by atoms with Gasteiger partial charge in [-0.3, -0.25) is 14.9 Å². The van der Waals surface area contributed by atoms with Gasteiger partial charge in [-0.1, -0.05) is 0 Å². The number of likely N-dealkylation sites (tertiary alicyclic amines) is 1. The van der Waals surface area contributed by atoms with Crippen LogP contribution in [0, 0.1) is 11.6 Å². The molecule has 0 unspecified atom stereocenters. The van der Waals surface area contributed by atoms with Crippen LogP contribution in [0.3, 0.4) is 0 Å². The Balaban J connectivity index is 1.65. The standard InChI is InChI=1S/C17H18F2N4O2S/c1-22(2)11-5-6-23(8-11)16(25)14-9-26-17(20-14)21-15(24)10-3-4-12(18)13(19)7-10/h3-4,7,9,11H,5-6,8H2,1-2H3,(H,20,21,24)/t11-/m0/s1. The molecule has 3 rings (SSSR count). The number of likely N-dealkylation sites (N-methyl/N-ethyl adjacent to an activating group) is 1. The Bertz CT molecular complexity index is 840. The lowest BCUT2D eigenvalue weighted by Gasteiger charge is -2.19. The zero-order valence-corrected chi connectivity index (χ0v) is 15.1. The van der Waals surface area contributed by atoms with Gasteiger partial charge in [-0.25, -0.2) is 13.8 Å². The number of amides is 2. The van der Waals surface area contributed by atoms with E-state index in [1.807, 2.05) is 14.1 Å². The highest BCUT2D eigenvalue weighted by Gasteiger charge is 2.29. The molecule has 138 valence electrons. The van der Waals surface area contributed by atoms with Crippen molar-refractivity contribution in [3.8, 4) is 0 Å². The van der Waals surface area contributed by atoms with E-state index < -0.39 is 17.5 Å². The minimum atomic E-state index is -1.10. The van der Waals surface area contributed by atoms with Gasteiger partial charge >= 0.3 is 0 Å². The molecule has 1 aliphatic rings. The van der Waals surface area contributed by atoms with E-state index in [2.05, 4.69) is 15.2 Å². The van der Waals surface area contributed by atoms with E-state index in [9.17, 15) is 18.4 Å². The molecule has 1 saturated heterocycles. The van der Waals surface area contributed by atoms with Gasteiger partial charge < -0.3 is 9.80 Å². The molecule has 0 saturated carbocycles. The van der Waals surface area contributed by atoms with Crippen LogP contribution in [0.2, 0.25) is 0 Å². The number of hydrogen-bond donors (Lipinski definition) is 1. The van der Waals surface area contributed by atoms with Gasteiger partial charge in [0.2, 0.25) is 0 Å². The maximum atomic E-state index is 13.2. The van der Waals surface area contributed by atoms with Crippen LogP contribution in [0.4, 0.5) is 13.9 Å². The molecular formula is C17H18F2N4O2S. The predicted octanol–water partition coefficient (Wildman–Crippen LogP) is 2.45. The van der Waals surface area contributed by atoms with E-state index >= 15 is 0 Å². The van der Waals surface area contributed by atoms with Crippen LogP contribution in [-0.4, -0.2) is 59.8 Å². The molecule has 9 heteroatoms. The number of benzene rings is 1. The molecule has 26 heavy (non-hydrogen) atoms. The Kier molecular flexibility index (Phi) is 5.28. The summed E-state index contributed by atoms with van der Waals surface area (Å²) < 4.78 is 26.2. The Labute approximate surface area is 153 Å². The van der Waals surface area contributed by atoms with Crippen molar-refractivity contribution in [3.05, 3.63) is 46.5 Å². The van der Waals surface area contributed by atoms with Crippen molar-refractivity contribution < 1.29 is 18.4 Å². The molecule has 1 atom stereocenters. The summed E-state index contributed by atoms with van der Waals surface area (Å²) in [6, 6.07) is 3.20. The van der Waals surface area contributed by atoms with Crippen LogP contribution in [0.15, 0.2) is 23.6 Å². The van der Waals surface area contributed by atoms with Crippen LogP contribution in [0.5, 0.6) is 0 Å². The van der Waals surface area contributed by atoms with Crippen molar-refractivity contribution in [2.75, 3.05) is 32.5 Å². The zero-order chi connectivity index (χ0) is 18.8. The number of nitrogens with zero attached hydrogens (tertiary/aromatic N) is 3. The predicted molar refractivity (Wildman–Crippen MR) is 94.4 cm³/mol. The van der Waals surface area contributed by atoms with Crippen LogP contribution in [-0.2, 0) is 0 Å². The van der Waals surface area contributed by atoms with Crippen LogP contribution >= 0.6 is 11.3 Å². The average molecular weight is 380 g/mol. The highest BCUT2D eigenvalue weighted by atomic mass is 32.1. The SMILES string of the molecule is CN(C)[C@H]1CCN(C(=O)c2csc(NC(=O)c3ccc(F)c(F)c3)n2)C1. The fraction of sp³-hybridized carbons (Fsp3) is 0.353. The molecule has 1 fully saturated rings. The van der Waals surface area contributed by atoms with Crippen molar-refractivity contribution in [3.63, 3.8) is 0 Å². The van der Waals surface area contributed by atoms with Crippen LogP contribution < -0.4 is 5.32 Å². The summed E-state index contributed by atoms with van der Waals surface area (Å²) in [4.78, 5) is 32.6. The molecule has 0 spiro atoms. The van der Waals surface area contributed by atoms with E-state index in [0.29, 0.717) is 19.1 Å². The molecule has 2 amide bonds. The normalized spacial score (nSPS) is 17.0. The lowest BCUT2D eigenvalue weighted by atomic mass is 10.2. The maximum Gasteiger partial charge on any atom is 0.273 e. The minimum absolute atomic E-state index is 0.0275. The molecular weight excluding hydrogens is 362 g/mol. The first-order valence-corrected chi connectivity index (χ1v) is 8.90. The highest BCUT2D eigenvalue weighted by Crippen LogP contribution is 2.21. The first-order chi connectivity index (χ1) is 12.3. The summed E-state index contributed by atoms with van der Waals surface area (Å²) in [6.07, 6.45) is 0.905. The third-order valence-corrected chi connectivity index (χ3v) is 5.06. The van der Waals surface area contributed by atoms with Gasteiger partial charge in [0.1, 0.15) is 5.69 Å². The lowest BCUT2D eigenvalue weighted by Crippen LogP contribution is -2.34. The molecule has 6 nitrogen and oxygen atoms in total. The molecule has 1 aliphatic heterocycles. The average Bonchev–Trinajstić information content (AvgIpc) is 3.26.